The molecule has 0 unspecified atom stereocenters. The van der Waals surface area contributed by atoms with Crippen LogP contribution in [0.2, 0.25) is 0 Å². The third kappa shape index (κ3) is 5.88. The fraction of sp³-hybridized carbons (Fsp3) is 0.400. The van der Waals surface area contributed by atoms with E-state index in [1.807, 2.05) is 4.90 Å². The summed E-state index contributed by atoms with van der Waals surface area (Å²) >= 11 is 0. The second-order valence-corrected chi connectivity index (χ2v) is 10.6. The average molecular weight is 554 g/mol. The molecule has 0 saturated carbocycles. The van der Waals surface area contributed by atoms with Crippen LogP contribution in [0.15, 0.2) is 63.3 Å². The monoisotopic (exact) mass is 553 g/mol. The fourth-order valence-corrected chi connectivity index (χ4v) is 5.99. The van der Waals surface area contributed by atoms with Crippen molar-refractivity contribution in [3.05, 3.63) is 65.5 Å². The summed E-state index contributed by atoms with van der Waals surface area (Å²) in [5, 5.41) is 0. The summed E-state index contributed by atoms with van der Waals surface area (Å²) in [6.45, 7) is 3.58. The molecule has 13 heteroatoms. The highest BCUT2D eigenvalue weighted by Gasteiger charge is 2.47. The number of hydrogen-bond donors (Lipinski definition) is 1. The van der Waals surface area contributed by atoms with Gasteiger partial charge in [0.05, 0.1) is 24.3 Å². The molecule has 0 bridgehead atoms. The van der Waals surface area contributed by atoms with Crippen LogP contribution in [0, 0.1) is 11.7 Å². The maximum absolute atomic E-state index is 15.3. The molecule has 1 aromatic carbocycles. The zero-order valence-electron chi connectivity index (χ0n) is 20.5. The highest BCUT2D eigenvalue weighted by atomic mass is 32.2. The number of allylic oxidation sites excluding steroid dienone is 1. The molecular weight excluding hydrogens is 526 g/mol. The van der Waals surface area contributed by atoms with Gasteiger partial charge in [-0.3, -0.25) is 19.6 Å². The number of piperidine rings is 1. The van der Waals surface area contributed by atoms with Crippen molar-refractivity contribution in [1.29, 1.82) is 0 Å². The van der Waals surface area contributed by atoms with Crippen molar-refractivity contribution in [2.75, 3.05) is 20.2 Å². The van der Waals surface area contributed by atoms with Gasteiger partial charge in [-0.1, -0.05) is 6.07 Å². The topological polar surface area (TPSA) is 96.2 Å². The molecule has 1 saturated heterocycles. The van der Waals surface area contributed by atoms with Crippen LogP contribution < -0.4 is 9.46 Å². The molecule has 3 heterocycles. The number of sulfonamides is 1. The Morgan fingerprint density at radius 3 is 2.71 bits per heavy atom. The van der Waals surface area contributed by atoms with Crippen molar-refractivity contribution >= 4 is 23.0 Å². The highest BCUT2D eigenvalue weighted by molar-refractivity contribution is 7.89. The summed E-state index contributed by atoms with van der Waals surface area (Å²) < 4.78 is 89.9. The molecule has 0 radical (unpaired) electrons. The third-order valence-corrected chi connectivity index (χ3v) is 8.06. The number of nitrogens with zero attached hydrogens (tertiary/aromatic N) is 4. The van der Waals surface area contributed by atoms with E-state index in [1.165, 1.54) is 25.5 Å². The van der Waals surface area contributed by atoms with E-state index in [0.29, 0.717) is 17.7 Å². The first-order chi connectivity index (χ1) is 18.0. The van der Waals surface area contributed by atoms with Crippen molar-refractivity contribution < 1.29 is 30.7 Å². The van der Waals surface area contributed by atoms with E-state index in [9.17, 15) is 21.6 Å². The predicted molar refractivity (Wildman–Crippen MR) is 134 cm³/mol. The molecule has 1 N–H and O–H groups in total. The van der Waals surface area contributed by atoms with E-state index >= 15 is 4.39 Å². The van der Waals surface area contributed by atoms with Gasteiger partial charge in [-0.05, 0) is 43.8 Å². The lowest BCUT2D eigenvalue weighted by Crippen LogP contribution is -2.44. The molecule has 3 atom stereocenters. The standard InChI is InChI=1S/C25H27F4N5O3S/c1-30-10-6-24(31-2)33-38(35,36)23-15-22-17(14-18(23)26)20(8-12-37-22)34-11-7-16(25(27,28)29)13-21(34)19-5-3-4-9-32-19/h3-6,9-10,14-16,20-21,33H,2,7-8,11-13H2,1H3/b24-6+,30-10-/t16-,20+,21+/m1/s1. The summed E-state index contributed by atoms with van der Waals surface area (Å²) in [6.07, 6.45) is -0.162. The van der Waals surface area contributed by atoms with Crippen LogP contribution in [0.5, 0.6) is 5.75 Å². The molecule has 1 aromatic heterocycles. The maximum atomic E-state index is 15.3. The summed E-state index contributed by atoms with van der Waals surface area (Å²) in [5.74, 6) is -2.53. The Labute approximate surface area is 218 Å². The van der Waals surface area contributed by atoms with Gasteiger partial charge in [-0.15, -0.1) is 0 Å². The molecular formula is C25H27F4N5O3S. The number of ether oxygens (including phenoxy) is 1. The lowest BCUT2D eigenvalue weighted by atomic mass is 9.85. The first kappa shape index (κ1) is 27.7. The van der Waals surface area contributed by atoms with E-state index in [0.717, 1.165) is 12.1 Å². The van der Waals surface area contributed by atoms with Crippen molar-refractivity contribution in [3.63, 3.8) is 0 Å². The number of halogens is 4. The van der Waals surface area contributed by atoms with Crippen molar-refractivity contribution in [3.8, 4) is 5.75 Å². The number of aromatic nitrogens is 1. The third-order valence-electron chi connectivity index (χ3n) is 6.69. The zero-order chi connectivity index (χ0) is 27.5. The molecule has 0 amide bonds. The van der Waals surface area contributed by atoms with Crippen molar-refractivity contribution in [2.45, 2.75) is 42.4 Å². The Balaban J connectivity index is 1.69. The number of fused-ring (bicyclic) bond motifs is 1. The average Bonchev–Trinajstić information content (AvgIpc) is 2.90. The van der Waals surface area contributed by atoms with Gasteiger partial charge >= 0.3 is 6.18 Å². The molecule has 1 fully saturated rings. The van der Waals surface area contributed by atoms with Crippen LogP contribution in [-0.2, 0) is 10.0 Å². The quantitative estimate of drug-likeness (QED) is 0.400. The lowest BCUT2D eigenvalue weighted by Gasteiger charge is -2.45. The molecule has 0 spiro atoms. The number of likely N-dealkylation sites (tertiary alicyclic amines) is 1. The number of hydrogen-bond acceptors (Lipinski definition) is 7. The van der Waals surface area contributed by atoms with Gasteiger partial charge in [0.2, 0.25) is 0 Å². The fourth-order valence-electron chi connectivity index (χ4n) is 4.90. The van der Waals surface area contributed by atoms with E-state index < -0.39 is 44.9 Å². The minimum atomic E-state index is -4.40. The molecule has 8 nitrogen and oxygen atoms in total. The van der Waals surface area contributed by atoms with Crippen LogP contribution in [-0.4, -0.2) is 57.6 Å². The molecule has 4 rings (SSSR count). The van der Waals surface area contributed by atoms with Crippen LogP contribution in [0.3, 0.4) is 0 Å². The Bertz CT molecular complexity index is 1330. The van der Waals surface area contributed by atoms with E-state index in [-0.39, 0.29) is 37.6 Å². The normalized spacial score (nSPS) is 23.1. The SMILES string of the molecule is C=N/C(=C\C=N/C)NS(=O)(=O)c1cc2c(cc1F)[C@@H](N1CC[C@@H](C(F)(F)F)C[C@H]1c1ccccn1)CCO2. The highest BCUT2D eigenvalue weighted by Crippen LogP contribution is 2.48. The predicted octanol–water partition coefficient (Wildman–Crippen LogP) is 4.58. The summed E-state index contributed by atoms with van der Waals surface area (Å²) in [5.41, 5.74) is 0.861. The van der Waals surface area contributed by atoms with Gasteiger partial charge < -0.3 is 4.74 Å². The van der Waals surface area contributed by atoms with Gasteiger partial charge in [-0.2, -0.15) is 13.2 Å². The number of nitrogens with one attached hydrogen (secondary N) is 1. The van der Waals surface area contributed by atoms with E-state index in [1.54, 1.807) is 18.2 Å². The maximum Gasteiger partial charge on any atom is 0.391 e. The van der Waals surface area contributed by atoms with Crippen molar-refractivity contribution in [1.82, 2.24) is 14.6 Å². The first-order valence-electron chi connectivity index (χ1n) is 11.9. The summed E-state index contributed by atoms with van der Waals surface area (Å²) in [4.78, 5) is 12.8. The van der Waals surface area contributed by atoms with Crippen LogP contribution in [0.4, 0.5) is 17.6 Å². The van der Waals surface area contributed by atoms with E-state index in [4.69, 9.17) is 4.74 Å². The van der Waals surface area contributed by atoms with Gasteiger partial charge in [0.1, 0.15) is 22.3 Å². The Kier molecular flexibility index (Phi) is 8.16. The summed E-state index contributed by atoms with van der Waals surface area (Å²) in [6, 6.07) is 6.10. The second-order valence-electron chi connectivity index (χ2n) is 8.97. The number of pyridine rings is 1. The van der Waals surface area contributed by atoms with Gasteiger partial charge in [0.15, 0.2) is 0 Å². The van der Waals surface area contributed by atoms with Crippen LogP contribution >= 0.6 is 0 Å². The molecule has 2 aromatic rings. The van der Waals surface area contributed by atoms with Crippen LogP contribution in [0.1, 0.15) is 42.6 Å². The molecule has 38 heavy (non-hydrogen) atoms. The number of alkyl halides is 3. The Morgan fingerprint density at radius 2 is 2.05 bits per heavy atom. The molecule has 2 aliphatic rings. The minimum absolute atomic E-state index is 0.108. The van der Waals surface area contributed by atoms with Crippen LogP contribution in [0.25, 0.3) is 0 Å². The minimum Gasteiger partial charge on any atom is -0.493 e. The largest absolute Gasteiger partial charge is 0.493 e. The lowest BCUT2D eigenvalue weighted by molar-refractivity contribution is -0.192. The number of aliphatic imine (C=N–C) groups is 2. The number of rotatable bonds is 7. The van der Waals surface area contributed by atoms with E-state index in [2.05, 4.69) is 26.4 Å². The van der Waals surface area contributed by atoms with Gasteiger partial charge in [0.25, 0.3) is 10.0 Å². The second kappa shape index (κ2) is 11.2. The Morgan fingerprint density at radius 1 is 1.26 bits per heavy atom. The summed E-state index contributed by atoms with van der Waals surface area (Å²) in [7, 11) is -2.92. The van der Waals surface area contributed by atoms with Crippen molar-refractivity contribution in [2.24, 2.45) is 15.9 Å². The smallest absolute Gasteiger partial charge is 0.391 e. The molecule has 204 valence electrons. The van der Waals surface area contributed by atoms with Gasteiger partial charge in [0, 0.05) is 50.1 Å². The number of benzene rings is 1. The first-order valence-corrected chi connectivity index (χ1v) is 13.3. The molecule has 2 aliphatic heterocycles. The van der Waals surface area contributed by atoms with Gasteiger partial charge in [-0.25, -0.2) is 17.8 Å². The Hall–Kier alpha value is -3.32. The molecule has 0 aliphatic carbocycles. The zero-order valence-corrected chi connectivity index (χ0v) is 21.3.